The van der Waals surface area contributed by atoms with Crippen molar-refractivity contribution in [1.29, 1.82) is 0 Å². The van der Waals surface area contributed by atoms with Crippen LogP contribution in [0.1, 0.15) is 12.0 Å². The molecule has 2 aliphatic heterocycles. The SMILES string of the molecule is Nc1cncc(-c2ccc(SN[C@@H]3CCNC3)c(S(N)(=O)=O)c2C2=NCN=N2)c1. The maximum Gasteiger partial charge on any atom is 0.239 e. The van der Waals surface area contributed by atoms with Crippen LogP contribution < -0.4 is 20.9 Å². The van der Waals surface area contributed by atoms with E-state index < -0.39 is 10.0 Å². The van der Waals surface area contributed by atoms with Crippen molar-refractivity contribution in [2.75, 3.05) is 25.5 Å². The number of primary sulfonamides is 1. The van der Waals surface area contributed by atoms with E-state index in [9.17, 15) is 8.42 Å². The number of nitrogens with one attached hydrogen (secondary N) is 2. The second kappa shape index (κ2) is 8.16. The molecule has 0 spiro atoms. The van der Waals surface area contributed by atoms with Crippen LogP contribution in [0, 0.1) is 0 Å². The first-order valence-corrected chi connectivity index (χ1v) is 11.3. The minimum Gasteiger partial charge on any atom is -0.397 e. The lowest BCUT2D eigenvalue weighted by atomic mass is 10.00. The molecule has 1 atom stereocenters. The summed E-state index contributed by atoms with van der Waals surface area (Å²) in [6.45, 7) is 1.87. The molecular weight excluding hydrogens is 412 g/mol. The zero-order valence-electron chi connectivity index (χ0n) is 15.4. The third-order valence-corrected chi connectivity index (χ3v) is 6.68. The van der Waals surface area contributed by atoms with Crippen molar-refractivity contribution in [3.05, 3.63) is 36.2 Å². The monoisotopic (exact) mass is 432 g/mol. The van der Waals surface area contributed by atoms with Crippen molar-refractivity contribution in [3.63, 3.8) is 0 Å². The summed E-state index contributed by atoms with van der Waals surface area (Å²) in [5.74, 6) is 0.219. The molecule has 2 aromatic rings. The van der Waals surface area contributed by atoms with Crippen LogP contribution >= 0.6 is 11.9 Å². The molecule has 0 amide bonds. The van der Waals surface area contributed by atoms with E-state index in [4.69, 9.17) is 10.9 Å². The number of nitrogen functional groups attached to an aromatic ring is 1. The molecule has 0 bridgehead atoms. The minimum absolute atomic E-state index is 0.0412. The number of aliphatic imine (C=N–C) groups is 1. The number of anilines is 1. The highest BCUT2D eigenvalue weighted by Crippen LogP contribution is 2.36. The van der Waals surface area contributed by atoms with Crippen LogP contribution in [-0.4, -0.2) is 45.0 Å². The van der Waals surface area contributed by atoms with E-state index in [1.165, 1.54) is 18.1 Å². The predicted molar refractivity (Wildman–Crippen MR) is 112 cm³/mol. The number of nitrogens with two attached hydrogens (primary N) is 2. The van der Waals surface area contributed by atoms with E-state index in [-0.39, 0.29) is 23.4 Å². The Morgan fingerprint density at radius 2 is 2.14 bits per heavy atom. The number of azo groups is 1. The molecule has 12 heteroatoms. The summed E-state index contributed by atoms with van der Waals surface area (Å²) in [4.78, 5) is 8.78. The molecular formula is C17H20N8O2S2. The number of aromatic nitrogens is 1. The molecule has 0 saturated carbocycles. The van der Waals surface area contributed by atoms with Gasteiger partial charge >= 0.3 is 0 Å². The number of benzene rings is 1. The Morgan fingerprint density at radius 3 is 2.79 bits per heavy atom. The number of sulfonamides is 1. The lowest BCUT2D eigenvalue weighted by molar-refractivity contribution is 0.595. The first kappa shape index (κ1) is 19.9. The Hall–Kier alpha value is -2.38. The van der Waals surface area contributed by atoms with Crippen LogP contribution in [-0.2, 0) is 10.0 Å². The molecule has 1 aromatic carbocycles. The molecule has 6 N–H and O–H groups in total. The molecule has 4 rings (SSSR count). The van der Waals surface area contributed by atoms with E-state index in [0.29, 0.717) is 27.3 Å². The van der Waals surface area contributed by atoms with Crippen molar-refractivity contribution >= 4 is 33.5 Å². The van der Waals surface area contributed by atoms with Gasteiger partial charge in [0.15, 0.2) is 12.5 Å². The van der Waals surface area contributed by atoms with Crippen LogP contribution in [0.3, 0.4) is 0 Å². The van der Waals surface area contributed by atoms with Gasteiger partial charge in [0, 0.05) is 41.0 Å². The highest BCUT2D eigenvalue weighted by atomic mass is 32.2. The Balaban J connectivity index is 1.88. The maximum atomic E-state index is 12.6. The van der Waals surface area contributed by atoms with E-state index in [1.54, 1.807) is 24.4 Å². The zero-order chi connectivity index (χ0) is 20.4. The minimum atomic E-state index is -4.10. The van der Waals surface area contributed by atoms with Crippen LogP contribution in [0.15, 0.2) is 55.6 Å². The average Bonchev–Trinajstić information content (AvgIpc) is 3.38. The van der Waals surface area contributed by atoms with Crippen molar-refractivity contribution in [2.24, 2.45) is 20.4 Å². The number of nitrogens with zero attached hydrogens (tertiary/aromatic N) is 4. The molecule has 1 fully saturated rings. The van der Waals surface area contributed by atoms with Crippen LogP contribution in [0.5, 0.6) is 0 Å². The third kappa shape index (κ3) is 4.31. The standard InChI is InChI=1S/C17H20N8O2S2/c18-11-5-10(6-21-7-11)13-1-2-14(28-25-12-3-4-20-8-12)16(29(19,26)27)15(13)17-22-9-23-24-17/h1-2,5-7,12,20,25H,3-4,8-9,18H2,(H2,19,26,27)/t12-/m1/s1. The molecule has 3 heterocycles. The van der Waals surface area contributed by atoms with Gasteiger partial charge in [0.05, 0.1) is 5.69 Å². The van der Waals surface area contributed by atoms with Gasteiger partial charge in [0.2, 0.25) is 10.0 Å². The Kier molecular flexibility index (Phi) is 5.61. The summed E-state index contributed by atoms with van der Waals surface area (Å²) in [5, 5.41) is 16.8. The van der Waals surface area contributed by atoms with Crippen molar-refractivity contribution in [1.82, 2.24) is 15.0 Å². The summed E-state index contributed by atoms with van der Waals surface area (Å²) in [6.07, 6.45) is 4.07. The van der Waals surface area contributed by atoms with Crippen LogP contribution in [0.2, 0.25) is 0 Å². The lowest BCUT2D eigenvalue weighted by Gasteiger charge is -2.18. The summed E-state index contributed by atoms with van der Waals surface area (Å²) < 4.78 is 28.6. The fraction of sp³-hybridized carbons (Fsp3) is 0.294. The summed E-state index contributed by atoms with van der Waals surface area (Å²) in [7, 11) is -4.10. The Labute approximate surface area is 172 Å². The highest BCUT2D eigenvalue weighted by molar-refractivity contribution is 7.98. The molecule has 1 aromatic heterocycles. The molecule has 0 unspecified atom stereocenters. The number of amidine groups is 1. The fourth-order valence-corrected chi connectivity index (χ4v) is 5.39. The molecule has 152 valence electrons. The Morgan fingerprint density at radius 1 is 1.28 bits per heavy atom. The summed E-state index contributed by atoms with van der Waals surface area (Å²) in [6, 6.07) is 5.46. The van der Waals surface area contributed by atoms with E-state index in [1.807, 2.05) is 0 Å². The number of hydrogen-bond acceptors (Lipinski definition) is 10. The largest absolute Gasteiger partial charge is 0.397 e. The smallest absolute Gasteiger partial charge is 0.239 e. The van der Waals surface area contributed by atoms with E-state index >= 15 is 0 Å². The Bertz CT molecular complexity index is 1090. The molecule has 10 nitrogen and oxygen atoms in total. The van der Waals surface area contributed by atoms with Gasteiger partial charge in [-0.2, -0.15) is 5.11 Å². The quantitative estimate of drug-likeness (QED) is 0.497. The van der Waals surface area contributed by atoms with Crippen molar-refractivity contribution < 1.29 is 8.42 Å². The van der Waals surface area contributed by atoms with Gasteiger partial charge in [-0.25, -0.2) is 18.5 Å². The molecule has 29 heavy (non-hydrogen) atoms. The number of hydrogen-bond donors (Lipinski definition) is 4. The van der Waals surface area contributed by atoms with Gasteiger partial charge in [-0.1, -0.05) is 6.07 Å². The summed E-state index contributed by atoms with van der Waals surface area (Å²) >= 11 is 1.23. The average molecular weight is 433 g/mol. The van der Waals surface area contributed by atoms with Crippen LogP contribution in [0.25, 0.3) is 11.1 Å². The molecule has 1 saturated heterocycles. The van der Waals surface area contributed by atoms with Crippen molar-refractivity contribution in [2.45, 2.75) is 22.3 Å². The van der Waals surface area contributed by atoms with Gasteiger partial charge in [-0.3, -0.25) is 9.71 Å². The summed E-state index contributed by atoms with van der Waals surface area (Å²) in [5.41, 5.74) is 7.84. The van der Waals surface area contributed by atoms with Crippen molar-refractivity contribution in [3.8, 4) is 11.1 Å². The topological polar surface area (TPSA) is 160 Å². The second-order valence-electron chi connectivity index (χ2n) is 6.64. The van der Waals surface area contributed by atoms with Gasteiger partial charge in [0.25, 0.3) is 0 Å². The first-order chi connectivity index (χ1) is 13.9. The molecule has 2 aliphatic rings. The molecule has 0 radical (unpaired) electrons. The lowest BCUT2D eigenvalue weighted by Crippen LogP contribution is -2.26. The van der Waals surface area contributed by atoms with Crippen LogP contribution in [0.4, 0.5) is 5.69 Å². The number of rotatable bonds is 6. The van der Waals surface area contributed by atoms with E-state index in [2.05, 4.69) is 30.2 Å². The van der Waals surface area contributed by atoms with E-state index in [0.717, 1.165) is 19.5 Å². The zero-order valence-corrected chi connectivity index (χ0v) is 17.0. The molecule has 0 aliphatic carbocycles. The number of pyridine rings is 1. The normalized spacial score (nSPS) is 18.9. The first-order valence-electron chi connectivity index (χ1n) is 8.89. The van der Waals surface area contributed by atoms with Gasteiger partial charge in [-0.15, -0.1) is 5.11 Å². The third-order valence-electron chi connectivity index (χ3n) is 4.55. The second-order valence-corrected chi connectivity index (χ2v) is 9.02. The predicted octanol–water partition coefficient (Wildman–Crippen LogP) is 1.11. The maximum absolute atomic E-state index is 12.6. The van der Waals surface area contributed by atoms with Gasteiger partial charge < -0.3 is 11.1 Å². The highest BCUT2D eigenvalue weighted by Gasteiger charge is 2.28. The fourth-order valence-electron chi connectivity index (χ4n) is 3.25. The van der Waals surface area contributed by atoms with Gasteiger partial charge in [-0.05, 0) is 42.6 Å². The van der Waals surface area contributed by atoms with Gasteiger partial charge in [0.1, 0.15) is 4.90 Å².